The number of ether oxygens (including phenoxy) is 2. The first-order chi connectivity index (χ1) is 10.6. The van der Waals surface area contributed by atoms with Crippen molar-refractivity contribution in [1.29, 1.82) is 0 Å². The maximum atomic E-state index is 12.7. The molecule has 1 aromatic carbocycles. The molecule has 22 heavy (non-hydrogen) atoms. The van der Waals surface area contributed by atoms with Gasteiger partial charge in [0, 0.05) is 13.2 Å². The largest absolute Gasteiger partial charge is 0.490 e. The van der Waals surface area contributed by atoms with Crippen LogP contribution in [0.2, 0.25) is 0 Å². The standard InChI is InChI=1S/C16H23NO4S/c1-13-17(11-4-12-20-13)22(18,19)16-9-7-15(8-10-16)21-14-5-2-3-6-14/h7-10,13-14H,2-6,11-12H2,1H3. The molecule has 1 saturated heterocycles. The number of benzene rings is 1. The Bertz CT molecular complexity index is 593. The Morgan fingerprint density at radius 3 is 2.45 bits per heavy atom. The highest BCUT2D eigenvalue weighted by atomic mass is 32.2. The fourth-order valence-corrected chi connectivity index (χ4v) is 4.65. The molecule has 1 saturated carbocycles. The molecule has 0 amide bonds. The van der Waals surface area contributed by atoms with Gasteiger partial charge in [0.1, 0.15) is 12.0 Å². The molecule has 2 fully saturated rings. The van der Waals surface area contributed by atoms with Crippen LogP contribution >= 0.6 is 0 Å². The zero-order chi connectivity index (χ0) is 15.6. The van der Waals surface area contributed by atoms with E-state index in [0.717, 1.165) is 25.0 Å². The summed E-state index contributed by atoms with van der Waals surface area (Å²) in [5.41, 5.74) is 0. The predicted octanol–water partition coefficient (Wildman–Crippen LogP) is 2.77. The summed E-state index contributed by atoms with van der Waals surface area (Å²) >= 11 is 0. The zero-order valence-corrected chi connectivity index (χ0v) is 13.7. The van der Waals surface area contributed by atoms with E-state index < -0.39 is 16.3 Å². The molecule has 1 aromatic rings. The van der Waals surface area contributed by atoms with Gasteiger partial charge < -0.3 is 9.47 Å². The number of hydrogen-bond acceptors (Lipinski definition) is 4. The van der Waals surface area contributed by atoms with Crippen molar-refractivity contribution in [2.75, 3.05) is 13.2 Å². The maximum absolute atomic E-state index is 12.7. The first-order valence-electron chi connectivity index (χ1n) is 7.97. The van der Waals surface area contributed by atoms with Gasteiger partial charge >= 0.3 is 0 Å². The molecule has 1 aliphatic carbocycles. The van der Waals surface area contributed by atoms with Crippen LogP contribution in [0.5, 0.6) is 5.75 Å². The molecule has 0 spiro atoms. The van der Waals surface area contributed by atoms with Crippen molar-refractivity contribution < 1.29 is 17.9 Å². The third-order valence-electron chi connectivity index (χ3n) is 4.32. The highest BCUT2D eigenvalue weighted by Gasteiger charge is 2.31. The fourth-order valence-electron chi connectivity index (χ4n) is 3.08. The van der Waals surface area contributed by atoms with Crippen LogP contribution in [0.4, 0.5) is 0 Å². The Balaban J connectivity index is 1.73. The summed E-state index contributed by atoms with van der Waals surface area (Å²) in [6.07, 6.45) is 5.19. The van der Waals surface area contributed by atoms with E-state index in [1.54, 1.807) is 31.2 Å². The van der Waals surface area contributed by atoms with Crippen molar-refractivity contribution in [1.82, 2.24) is 4.31 Å². The van der Waals surface area contributed by atoms with Gasteiger partial charge in [-0.3, -0.25) is 0 Å². The lowest BCUT2D eigenvalue weighted by Crippen LogP contribution is -2.44. The average molecular weight is 325 g/mol. The normalized spacial score (nSPS) is 24.5. The summed E-state index contributed by atoms with van der Waals surface area (Å²) in [6.45, 7) is 2.89. The van der Waals surface area contributed by atoms with Crippen molar-refractivity contribution in [3.8, 4) is 5.75 Å². The van der Waals surface area contributed by atoms with Crippen LogP contribution in [0.1, 0.15) is 39.0 Å². The summed E-state index contributed by atoms with van der Waals surface area (Å²) < 4.78 is 38.0. The minimum Gasteiger partial charge on any atom is -0.490 e. The van der Waals surface area contributed by atoms with E-state index >= 15 is 0 Å². The van der Waals surface area contributed by atoms with E-state index in [-0.39, 0.29) is 6.10 Å². The molecule has 3 rings (SSSR count). The van der Waals surface area contributed by atoms with E-state index in [9.17, 15) is 8.42 Å². The van der Waals surface area contributed by atoms with Gasteiger partial charge in [0.15, 0.2) is 0 Å². The minimum absolute atomic E-state index is 0.276. The van der Waals surface area contributed by atoms with Gasteiger partial charge in [-0.25, -0.2) is 8.42 Å². The first kappa shape index (κ1) is 15.8. The van der Waals surface area contributed by atoms with Gasteiger partial charge in [-0.05, 0) is 63.3 Å². The molecule has 6 heteroatoms. The zero-order valence-electron chi connectivity index (χ0n) is 12.9. The van der Waals surface area contributed by atoms with E-state index in [1.165, 1.54) is 17.1 Å². The molecule has 1 atom stereocenters. The van der Waals surface area contributed by atoms with Crippen LogP contribution < -0.4 is 4.74 Å². The second-order valence-corrected chi connectivity index (χ2v) is 7.83. The van der Waals surface area contributed by atoms with Gasteiger partial charge in [0.05, 0.1) is 11.0 Å². The van der Waals surface area contributed by atoms with Crippen LogP contribution in [0.3, 0.4) is 0 Å². The van der Waals surface area contributed by atoms with E-state index in [4.69, 9.17) is 9.47 Å². The third-order valence-corrected chi connectivity index (χ3v) is 6.29. The van der Waals surface area contributed by atoms with Crippen molar-refractivity contribution in [3.63, 3.8) is 0 Å². The average Bonchev–Trinajstić information content (AvgIpc) is 3.01. The lowest BCUT2D eigenvalue weighted by Gasteiger charge is -2.32. The molecule has 5 nitrogen and oxygen atoms in total. The summed E-state index contributed by atoms with van der Waals surface area (Å²) in [7, 11) is -3.50. The molecule has 0 radical (unpaired) electrons. The van der Waals surface area contributed by atoms with Crippen LogP contribution in [-0.2, 0) is 14.8 Å². The SMILES string of the molecule is CC1OCCCN1S(=O)(=O)c1ccc(OC2CCCC2)cc1. The lowest BCUT2D eigenvalue weighted by molar-refractivity contribution is -0.0410. The molecular weight excluding hydrogens is 302 g/mol. The molecule has 0 N–H and O–H groups in total. The Hall–Kier alpha value is -1.11. The quantitative estimate of drug-likeness (QED) is 0.854. The number of sulfonamides is 1. The molecule has 1 heterocycles. The third kappa shape index (κ3) is 3.29. The van der Waals surface area contributed by atoms with Gasteiger partial charge in [0.25, 0.3) is 0 Å². The first-order valence-corrected chi connectivity index (χ1v) is 9.41. The fraction of sp³-hybridized carbons (Fsp3) is 0.625. The number of hydrogen-bond donors (Lipinski definition) is 0. The summed E-state index contributed by atoms with van der Waals surface area (Å²) in [5, 5.41) is 0. The van der Waals surface area contributed by atoms with Crippen molar-refractivity contribution >= 4 is 10.0 Å². The van der Waals surface area contributed by atoms with Crippen molar-refractivity contribution in [2.45, 2.75) is 56.3 Å². The molecule has 122 valence electrons. The van der Waals surface area contributed by atoms with Gasteiger partial charge in [-0.15, -0.1) is 0 Å². The van der Waals surface area contributed by atoms with Gasteiger partial charge in [-0.1, -0.05) is 0 Å². The van der Waals surface area contributed by atoms with E-state index in [0.29, 0.717) is 18.0 Å². The molecule has 0 aromatic heterocycles. The van der Waals surface area contributed by atoms with E-state index in [2.05, 4.69) is 0 Å². The second-order valence-electron chi connectivity index (χ2n) is 5.94. The number of rotatable bonds is 4. The predicted molar refractivity (Wildman–Crippen MR) is 83.2 cm³/mol. The highest BCUT2D eigenvalue weighted by Crippen LogP contribution is 2.27. The Morgan fingerprint density at radius 2 is 1.82 bits per heavy atom. The Labute approximate surface area is 132 Å². The Kier molecular flexibility index (Phi) is 4.70. The van der Waals surface area contributed by atoms with Crippen LogP contribution in [0.15, 0.2) is 29.2 Å². The minimum atomic E-state index is -3.50. The second kappa shape index (κ2) is 6.56. The van der Waals surface area contributed by atoms with Crippen LogP contribution in [-0.4, -0.2) is 38.2 Å². The summed E-state index contributed by atoms with van der Waals surface area (Å²) in [6, 6.07) is 6.75. The van der Waals surface area contributed by atoms with Gasteiger partial charge in [-0.2, -0.15) is 4.31 Å². The van der Waals surface area contributed by atoms with Crippen molar-refractivity contribution in [2.24, 2.45) is 0 Å². The smallest absolute Gasteiger partial charge is 0.245 e. The Morgan fingerprint density at radius 1 is 1.14 bits per heavy atom. The molecule has 1 unspecified atom stereocenters. The van der Waals surface area contributed by atoms with Crippen LogP contribution in [0, 0.1) is 0 Å². The van der Waals surface area contributed by atoms with Gasteiger partial charge in [0.2, 0.25) is 10.0 Å². The summed E-state index contributed by atoms with van der Waals surface area (Å²) in [4.78, 5) is 0.295. The molecular formula is C16H23NO4S. The molecule has 2 aliphatic rings. The van der Waals surface area contributed by atoms with Crippen molar-refractivity contribution in [3.05, 3.63) is 24.3 Å². The number of nitrogens with zero attached hydrogens (tertiary/aromatic N) is 1. The summed E-state index contributed by atoms with van der Waals surface area (Å²) in [5.74, 6) is 0.744. The van der Waals surface area contributed by atoms with Crippen LogP contribution in [0.25, 0.3) is 0 Å². The lowest BCUT2D eigenvalue weighted by atomic mass is 10.3. The van der Waals surface area contributed by atoms with E-state index in [1.807, 2.05) is 0 Å². The highest BCUT2D eigenvalue weighted by molar-refractivity contribution is 7.89. The topological polar surface area (TPSA) is 55.8 Å². The molecule has 0 bridgehead atoms. The molecule has 1 aliphatic heterocycles. The monoisotopic (exact) mass is 325 g/mol. The maximum Gasteiger partial charge on any atom is 0.245 e.